The average Bonchev–Trinajstić information content (AvgIpc) is 2.89. The summed E-state index contributed by atoms with van der Waals surface area (Å²) in [6.45, 7) is 5.09. The zero-order valence-corrected chi connectivity index (χ0v) is 11.2. The summed E-state index contributed by atoms with van der Waals surface area (Å²) >= 11 is 0. The number of rotatable bonds is 6. The van der Waals surface area contributed by atoms with Crippen molar-refractivity contribution in [2.24, 2.45) is 0 Å². The van der Waals surface area contributed by atoms with Gasteiger partial charge in [0.05, 0.1) is 0 Å². The van der Waals surface area contributed by atoms with Crippen LogP contribution in [0.4, 0.5) is 10.1 Å². The Morgan fingerprint density at radius 1 is 1.22 bits per heavy atom. The van der Waals surface area contributed by atoms with Gasteiger partial charge in [0.1, 0.15) is 5.82 Å². The van der Waals surface area contributed by atoms with Crippen LogP contribution in [0, 0.1) is 5.82 Å². The molecular weight excluding hydrogens is 227 g/mol. The Morgan fingerprint density at radius 2 is 1.89 bits per heavy atom. The quantitative estimate of drug-likeness (QED) is 0.834. The summed E-state index contributed by atoms with van der Waals surface area (Å²) < 4.78 is 12.9. The Morgan fingerprint density at radius 3 is 2.50 bits per heavy atom. The third kappa shape index (κ3) is 3.70. The van der Waals surface area contributed by atoms with Crippen molar-refractivity contribution in [3.8, 4) is 0 Å². The lowest BCUT2D eigenvalue weighted by molar-refractivity contribution is 0.525. The first-order chi connectivity index (χ1) is 8.79. The summed E-state index contributed by atoms with van der Waals surface area (Å²) in [5.74, 6) is -0.168. The van der Waals surface area contributed by atoms with Crippen LogP contribution in [0.15, 0.2) is 24.3 Å². The molecule has 1 saturated carbocycles. The van der Waals surface area contributed by atoms with Gasteiger partial charge >= 0.3 is 0 Å². The minimum atomic E-state index is -0.168. The van der Waals surface area contributed by atoms with Crippen LogP contribution >= 0.6 is 0 Å². The van der Waals surface area contributed by atoms with Crippen LogP contribution in [-0.2, 0) is 0 Å². The second-order valence-electron chi connectivity index (χ2n) is 4.99. The maximum atomic E-state index is 12.9. The molecule has 0 aromatic heterocycles. The van der Waals surface area contributed by atoms with Crippen molar-refractivity contribution < 1.29 is 4.39 Å². The van der Waals surface area contributed by atoms with E-state index in [1.54, 1.807) is 0 Å². The van der Waals surface area contributed by atoms with Crippen LogP contribution in [0.2, 0.25) is 0 Å². The van der Waals surface area contributed by atoms with Crippen LogP contribution in [-0.4, -0.2) is 25.7 Å². The van der Waals surface area contributed by atoms with Crippen molar-refractivity contribution in [2.45, 2.75) is 38.6 Å². The standard InChI is InChI=1S/C15H23FN2/c1-2-18(15-9-7-13(16)8-10-15)12-11-17-14-5-3-4-6-14/h7-10,14,17H,2-6,11-12H2,1H3. The molecule has 0 unspecified atom stereocenters. The highest BCUT2D eigenvalue weighted by molar-refractivity contribution is 5.46. The van der Waals surface area contributed by atoms with Gasteiger partial charge in [0.15, 0.2) is 0 Å². The number of likely N-dealkylation sites (N-methyl/N-ethyl adjacent to an activating group) is 1. The lowest BCUT2D eigenvalue weighted by Crippen LogP contribution is -2.36. The molecule has 0 heterocycles. The van der Waals surface area contributed by atoms with Gasteiger partial charge in [-0.1, -0.05) is 12.8 Å². The van der Waals surface area contributed by atoms with E-state index < -0.39 is 0 Å². The highest BCUT2D eigenvalue weighted by atomic mass is 19.1. The summed E-state index contributed by atoms with van der Waals surface area (Å²) in [5.41, 5.74) is 1.10. The lowest BCUT2D eigenvalue weighted by atomic mass is 10.2. The molecule has 0 saturated heterocycles. The highest BCUT2D eigenvalue weighted by Gasteiger charge is 2.14. The minimum absolute atomic E-state index is 0.168. The number of hydrogen-bond donors (Lipinski definition) is 1. The number of benzene rings is 1. The first-order valence-corrected chi connectivity index (χ1v) is 7.03. The van der Waals surface area contributed by atoms with Crippen LogP contribution in [0.25, 0.3) is 0 Å². The summed E-state index contributed by atoms with van der Waals surface area (Å²) in [6.07, 6.45) is 5.38. The van der Waals surface area contributed by atoms with E-state index in [2.05, 4.69) is 17.1 Å². The van der Waals surface area contributed by atoms with Gasteiger partial charge in [-0.25, -0.2) is 4.39 Å². The van der Waals surface area contributed by atoms with Gasteiger partial charge in [0.2, 0.25) is 0 Å². The van der Waals surface area contributed by atoms with E-state index >= 15 is 0 Å². The molecule has 1 fully saturated rings. The molecule has 2 rings (SSSR count). The lowest BCUT2D eigenvalue weighted by Gasteiger charge is -2.24. The number of anilines is 1. The van der Waals surface area contributed by atoms with Gasteiger partial charge in [0.25, 0.3) is 0 Å². The highest BCUT2D eigenvalue weighted by Crippen LogP contribution is 2.18. The van der Waals surface area contributed by atoms with E-state index in [9.17, 15) is 4.39 Å². The van der Waals surface area contributed by atoms with Crippen molar-refractivity contribution in [3.63, 3.8) is 0 Å². The molecule has 0 atom stereocenters. The zero-order chi connectivity index (χ0) is 12.8. The fourth-order valence-electron chi connectivity index (χ4n) is 2.66. The maximum absolute atomic E-state index is 12.9. The van der Waals surface area contributed by atoms with Crippen molar-refractivity contribution in [1.29, 1.82) is 0 Å². The molecule has 100 valence electrons. The zero-order valence-electron chi connectivity index (χ0n) is 11.2. The van der Waals surface area contributed by atoms with Crippen molar-refractivity contribution in [3.05, 3.63) is 30.1 Å². The molecule has 3 heteroatoms. The van der Waals surface area contributed by atoms with Crippen LogP contribution in [0.5, 0.6) is 0 Å². The van der Waals surface area contributed by atoms with E-state index in [0.717, 1.165) is 31.4 Å². The fourth-order valence-corrected chi connectivity index (χ4v) is 2.66. The van der Waals surface area contributed by atoms with Crippen molar-refractivity contribution in [2.75, 3.05) is 24.5 Å². The number of nitrogens with zero attached hydrogens (tertiary/aromatic N) is 1. The summed E-state index contributed by atoms with van der Waals surface area (Å²) in [6, 6.07) is 7.49. The molecule has 0 bridgehead atoms. The molecule has 2 nitrogen and oxygen atoms in total. The van der Waals surface area contributed by atoms with Crippen molar-refractivity contribution >= 4 is 5.69 Å². The molecule has 1 aliphatic carbocycles. The van der Waals surface area contributed by atoms with Gasteiger partial charge in [-0.15, -0.1) is 0 Å². The van der Waals surface area contributed by atoms with E-state index in [-0.39, 0.29) is 5.82 Å². The molecule has 1 N–H and O–H groups in total. The van der Waals surface area contributed by atoms with E-state index in [0.29, 0.717) is 0 Å². The van der Waals surface area contributed by atoms with E-state index in [4.69, 9.17) is 0 Å². The molecule has 0 amide bonds. The number of hydrogen-bond acceptors (Lipinski definition) is 2. The third-order valence-electron chi connectivity index (χ3n) is 3.74. The molecule has 1 aromatic carbocycles. The Kier molecular flexibility index (Phi) is 5.00. The SMILES string of the molecule is CCN(CCNC1CCCC1)c1ccc(F)cc1. The topological polar surface area (TPSA) is 15.3 Å². The molecule has 1 aliphatic rings. The van der Waals surface area contributed by atoms with Crippen LogP contribution in [0.3, 0.4) is 0 Å². The molecule has 18 heavy (non-hydrogen) atoms. The van der Waals surface area contributed by atoms with Gasteiger partial charge in [-0.2, -0.15) is 0 Å². The molecule has 0 spiro atoms. The Hall–Kier alpha value is -1.09. The normalized spacial score (nSPS) is 16.1. The second kappa shape index (κ2) is 6.74. The molecule has 1 aromatic rings. The van der Waals surface area contributed by atoms with Crippen LogP contribution in [0.1, 0.15) is 32.6 Å². The van der Waals surface area contributed by atoms with Crippen LogP contribution < -0.4 is 10.2 Å². The van der Waals surface area contributed by atoms with Gasteiger partial charge in [-0.3, -0.25) is 0 Å². The molecular formula is C15H23FN2. The molecule has 0 radical (unpaired) electrons. The van der Waals surface area contributed by atoms with Gasteiger partial charge in [-0.05, 0) is 44.0 Å². The Labute approximate surface area is 109 Å². The van der Waals surface area contributed by atoms with Gasteiger partial charge < -0.3 is 10.2 Å². The summed E-state index contributed by atoms with van der Waals surface area (Å²) in [5, 5.41) is 3.61. The molecule has 0 aliphatic heterocycles. The van der Waals surface area contributed by atoms with E-state index in [1.165, 1.54) is 37.8 Å². The van der Waals surface area contributed by atoms with Gasteiger partial charge in [0, 0.05) is 31.4 Å². The maximum Gasteiger partial charge on any atom is 0.123 e. The largest absolute Gasteiger partial charge is 0.371 e. The first kappa shape index (κ1) is 13.3. The third-order valence-corrected chi connectivity index (χ3v) is 3.74. The predicted molar refractivity (Wildman–Crippen MR) is 74.5 cm³/mol. The fraction of sp³-hybridized carbons (Fsp3) is 0.600. The minimum Gasteiger partial charge on any atom is -0.371 e. The summed E-state index contributed by atoms with van der Waals surface area (Å²) in [7, 11) is 0. The average molecular weight is 250 g/mol. The Balaban J connectivity index is 1.79. The smallest absolute Gasteiger partial charge is 0.123 e. The monoisotopic (exact) mass is 250 g/mol. The number of nitrogens with one attached hydrogen (secondary N) is 1. The number of halogens is 1. The second-order valence-corrected chi connectivity index (χ2v) is 4.99. The van der Waals surface area contributed by atoms with E-state index in [1.807, 2.05) is 12.1 Å². The van der Waals surface area contributed by atoms with Crippen molar-refractivity contribution in [1.82, 2.24) is 5.32 Å². The first-order valence-electron chi connectivity index (χ1n) is 7.03. The summed E-state index contributed by atoms with van der Waals surface area (Å²) in [4.78, 5) is 2.28. The predicted octanol–water partition coefficient (Wildman–Crippen LogP) is 3.18. The Bertz CT molecular complexity index is 344.